The average molecular weight is 242 g/mol. The number of carbonyl (C=O) groups is 1. The van der Waals surface area contributed by atoms with Crippen LogP contribution in [0.2, 0.25) is 0 Å². The zero-order valence-corrected chi connectivity index (χ0v) is 9.61. The van der Waals surface area contributed by atoms with Crippen molar-refractivity contribution in [2.45, 2.75) is 13.0 Å². The number of azide groups is 1. The summed E-state index contributed by atoms with van der Waals surface area (Å²) < 4.78 is 0. The monoisotopic (exact) mass is 242 g/mol. The third-order valence-corrected chi connectivity index (χ3v) is 2.69. The highest BCUT2D eigenvalue weighted by molar-refractivity contribution is 5.96. The maximum absolute atomic E-state index is 11.2. The number of benzene rings is 1. The fourth-order valence-corrected chi connectivity index (χ4v) is 1.92. The Hall–Kier alpha value is -2.59. The van der Waals surface area contributed by atoms with Crippen molar-refractivity contribution in [1.82, 2.24) is 4.98 Å². The van der Waals surface area contributed by atoms with Gasteiger partial charge in [0.15, 0.2) is 0 Å². The number of aromatic nitrogens is 1. The van der Waals surface area contributed by atoms with Crippen LogP contribution in [0, 0.1) is 0 Å². The number of nitrogens with zero attached hydrogens (tertiary/aromatic N) is 4. The number of fused-ring (bicyclic) bond motifs is 1. The lowest BCUT2D eigenvalue weighted by molar-refractivity contribution is 0.0695. The van der Waals surface area contributed by atoms with Crippen molar-refractivity contribution >= 4 is 16.9 Å². The van der Waals surface area contributed by atoms with E-state index in [1.807, 2.05) is 6.07 Å². The maximum Gasteiger partial charge on any atom is 0.337 e. The van der Waals surface area contributed by atoms with Gasteiger partial charge in [0.25, 0.3) is 0 Å². The van der Waals surface area contributed by atoms with Gasteiger partial charge in [0.1, 0.15) is 0 Å². The van der Waals surface area contributed by atoms with Crippen molar-refractivity contribution in [2.75, 3.05) is 0 Å². The molecule has 0 spiro atoms. The molecule has 1 heterocycles. The van der Waals surface area contributed by atoms with Gasteiger partial charge in [-0.25, -0.2) is 4.79 Å². The fraction of sp³-hybridized carbons (Fsp3) is 0.167. The molecule has 6 heteroatoms. The van der Waals surface area contributed by atoms with E-state index in [9.17, 15) is 4.79 Å². The molecular weight excluding hydrogens is 232 g/mol. The highest BCUT2D eigenvalue weighted by Gasteiger charge is 2.18. The first-order valence-electron chi connectivity index (χ1n) is 5.30. The number of aromatic carboxylic acids is 1. The molecular formula is C12H10N4O2. The first kappa shape index (κ1) is 11.9. The second-order valence-corrected chi connectivity index (χ2v) is 3.79. The number of carboxylic acid groups (broad SMARTS) is 1. The number of hydrogen-bond acceptors (Lipinski definition) is 3. The molecule has 0 aliphatic rings. The molecule has 0 aliphatic heterocycles. The minimum absolute atomic E-state index is 0.0635. The minimum atomic E-state index is -1.08. The van der Waals surface area contributed by atoms with Crippen LogP contribution in [-0.2, 0) is 0 Å². The van der Waals surface area contributed by atoms with E-state index in [2.05, 4.69) is 15.0 Å². The molecule has 1 atom stereocenters. The van der Waals surface area contributed by atoms with Gasteiger partial charge in [-0.2, -0.15) is 0 Å². The van der Waals surface area contributed by atoms with E-state index in [-0.39, 0.29) is 5.56 Å². The summed E-state index contributed by atoms with van der Waals surface area (Å²) in [6.45, 7) is 1.66. The molecule has 0 fully saturated rings. The van der Waals surface area contributed by atoms with Crippen molar-refractivity contribution in [2.24, 2.45) is 5.11 Å². The molecule has 0 bridgehead atoms. The van der Waals surface area contributed by atoms with Crippen LogP contribution in [0.25, 0.3) is 21.3 Å². The van der Waals surface area contributed by atoms with Gasteiger partial charge < -0.3 is 5.11 Å². The maximum atomic E-state index is 11.2. The van der Waals surface area contributed by atoms with Crippen LogP contribution < -0.4 is 0 Å². The Bertz CT molecular complexity index is 662. The fourth-order valence-electron chi connectivity index (χ4n) is 1.92. The predicted molar refractivity (Wildman–Crippen MR) is 66.3 cm³/mol. The highest BCUT2D eigenvalue weighted by Crippen LogP contribution is 2.28. The first-order valence-corrected chi connectivity index (χ1v) is 5.30. The topological polar surface area (TPSA) is 99.0 Å². The van der Waals surface area contributed by atoms with Crippen LogP contribution in [0.4, 0.5) is 0 Å². The molecule has 0 saturated carbocycles. The predicted octanol–water partition coefficient (Wildman–Crippen LogP) is 3.30. The van der Waals surface area contributed by atoms with E-state index in [4.69, 9.17) is 10.6 Å². The number of rotatable bonds is 3. The summed E-state index contributed by atoms with van der Waals surface area (Å²) in [6, 6.07) is 6.61. The van der Waals surface area contributed by atoms with Crippen molar-refractivity contribution in [3.63, 3.8) is 0 Å². The van der Waals surface area contributed by atoms with E-state index in [1.54, 1.807) is 25.1 Å². The second-order valence-electron chi connectivity index (χ2n) is 3.79. The summed E-state index contributed by atoms with van der Waals surface area (Å²) in [5.41, 5.74) is 9.73. The Morgan fingerprint density at radius 3 is 2.89 bits per heavy atom. The molecule has 0 aliphatic carbocycles. The Balaban J connectivity index is 2.82. The SMILES string of the molecule is CC(N=[N+]=[N-])c1c(C(=O)O)cnc2ccccc12. The summed E-state index contributed by atoms with van der Waals surface area (Å²) >= 11 is 0. The van der Waals surface area contributed by atoms with Gasteiger partial charge in [0.2, 0.25) is 0 Å². The highest BCUT2D eigenvalue weighted by atomic mass is 16.4. The van der Waals surface area contributed by atoms with Gasteiger partial charge in [0, 0.05) is 16.5 Å². The van der Waals surface area contributed by atoms with Gasteiger partial charge in [-0.1, -0.05) is 30.2 Å². The molecule has 1 unspecified atom stereocenters. The first-order chi connectivity index (χ1) is 8.65. The van der Waals surface area contributed by atoms with Gasteiger partial charge in [-0.05, 0) is 17.2 Å². The summed E-state index contributed by atoms with van der Waals surface area (Å²) in [7, 11) is 0. The Kier molecular flexibility index (Phi) is 3.12. The van der Waals surface area contributed by atoms with Crippen LogP contribution in [0.15, 0.2) is 35.6 Å². The third kappa shape index (κ3) is 1.97. The lowest BCUT2D eigenvalue weighted by atomic mass is 9.98. The standard InChI is InChI=1S/C12H10N4O2/c1-7(15-16-13)11-8-4-2-3-5-10(8)14-6-9(11)12(17)18/h2-7H,1H3,(H,17,18). The average Bonchev–Trinajstić information content (AvgIpc) is 2.37. The van der Waals surface area contributed by atoms with E-state index in [0.29, 0.717) is 16.5 Å². The Morgan fingerprint density at radius 1 is 1.50 bits per heavy atom. The smallest absolute Gasteiger partial charge is 0.337 e. The van der Waals surface area contributed by atoms with E-state index in [0.717, 1.165) is 0 Å². The van der Waals surface area contributed by atoms with Gasteiger partial charge in [-0.15, -0.1) is 0 Å². The summed E-state index contributed by atoms with van der Waals surface area (Å²) in [5, 5.41) is 13.4. The molecule has 6 nitrogen and oxygen atoms in total. The lowest BCUT2D eigenvalue weighted by Crippen LogP contribution is -2.06. The Labute approximate surface area is 103 Å². The minimum Gasteiger partial charge on any atom is -0.478 e. The molecule has 2 aromatic rings. The second kappa shape index (κ2) is 4.73. The molecule has 18 heavy (non-hydrogen) atoms. The number of pyridine rings is 1. The Morgan fingerprint density at radius 2 is 2.22 bits per heavy atom. The molecule has 0 saturated heterocycles. The van der Waals surface area contributed by atoms with Gasteiger partial charge in [-0.3, -0.25) is 4.98 Å². The van der Waals surface area contributed by atoms with Gasteiger partial charge in [0.05, 0.1) is 17.1 Å². The molecule has 90 valence electrons. The normalized spacial score (nSPS) is 11.8. The number of para-hydroxylation sites is 1. The number of carboxylic acids is 1. The van der Waals surface area contributed by atoms with Crippen molar-refractivity contribution in [3.05, 3.63) is 52.0 Å². The van der Waals surface area contributed by atoms with Gasteiger partial charge >= 0.3 is 5.97 Å². The quantitative estimate of drug-likeness (QED) is 0.507. The largest absolute Gasteiger partial charge is 0.478 e. The zero-order chi connectivity index (χ0) is 13.1. The molecule has 0 amide bonds. The third-order valence-electron chi connectivity index (χ3n) is 2.69. The van der Waals surface area contributed by atoms with Crippen LogP contribution in [0.1, 0.15) is 28.9 Å². The van der Waals surface area contributed by atoms with Crippen LogP contribution >= 0.6 is 0 Å². The van der Waals surface area contributed by atoms with E-state index < -0.39 is 12.0 Å². The number of hydrogen-bond donors (Lipinski definition) is 1. The molecule has 2 rings (SSSR count). The van der Waals surface area contributed by atoms with E-state index in [1.165, 1.54) is 6.20 Å². The zero-order valence-electron chi connectivity index (χ0n) is 9.61. The summed E-state index contributed by atoms with van der Waals surface area (Å²) in [6.07, 6.45) is 1.30. The summed E-state index contributed by atoms with van der Waals surface area (Å²) in [4.78, 5) is 18.0. The molecule has 0 radical (unpaired) electrons. The molecule has 1 aromatic heterocycles. The summed E-state index contributed by atoms with van der Waals surface area (Å²) in [5.74, 6) is -1.08. The van der Waals surface area contributed by atoms with Crippen molar-refractivity contribution in [3.8, 4) is 0 Å². The van der Waals surface area contributed by atoms with E-state index >= 15 is 0 Å². The van der Waals surface area contributed by atoms with Crippen molar-refractivity contribution in [1.29, 1.82) is 0 Å². The van der Waals surface area contributed by atoms with Crippen molar-refractivity contribution < 1.29 is 9.90 Å². The van der Waals surface area contributed by atoms with Crippen LogP contribution in [0.5, 0.6) is 0 Å². The lowest BCUT2D eigenvalue weighted by Gasteiger charge is -2.12. The van der Waals surface area contributed by atoms with Crippen LogP contribution in [-0.4, -0.2) is 16.1 Å². The molecule has 1 aromatic carbocycles. The van der Waals surface area contributed by atoms with Crippen LogP contribution in [0.3, 0.4) is 0 Å². The molecule has 1 N–H and O–H groups in total.